The Labute approximate surface area is 152 Å². The van der Waals surface area contributed by atoms with Gasteiger partial charge in [-0.25, -0.2) is 4.79 Å². The van der Waals surface area contributed by atoms with Gasteiger partial charge in [0.2, 0.25) is 11.8 Å². The number of anilines is 1. The van der Waals surface area contributed by atoms with Crippen molar-refractivity contribution in [3.05, 3.63) is 29.8 Å². The van der Waals surface area contributed by atoms with Crippen molar-refractivity contribution in [2.75, 3.05) is 25.5 Å². The largest absolute Gasteiger partial charge is 0.372 e. The van der Waals surface area contributed by atoms with Crippen molar-refractivity contribution in [2.45, 2.75) is 38.5 Å². The van der Waals surface area contributed by atoms with Crippen molar-refractivity contribution in [1.82, 2.24) is 9.80 Å². The first kappa shape index (κ1) is 17.0. The lowest BCUT2D eigenvalue weighted by molar-refractivity contribution is -0.166. The van der Waals surface area contributed by atoms with Gasteiger partial charge in [0, 0.05) is 26.3 Å². The maximum atomic E-state index is 13.3. The van der Waals surface area contributed by atoms with Crippen molar-refractivity contribution in [3.63, 3.8) is 0 Å². The van der Waals surface area contributed by atoms with Gasteiger partial charge in [-0.2, -0.15) is 0 Å². The van der Waals surface area contributed by atoms with E-state index in [1.165, 1.54) is 14.1 Å². The number of carbonyl (C=O) groups is 3. The molecule has 7 nitrogen and oxygen atoms in total. The van der Waals surface area contributed by atoms with Crippen LogP contribution in [-0.4, -0.2) is 66.5 Å². The number of ether oxygens (including phenoxy) is 1. The van der Waals surface area contributed by atoms with Gasteiger partial charge < -0.3 is 9.64 Å². The molecule has 3 heterocycles. The minimum Gasteiger partial charge on any atom is -0.372 e. The first-order chi connectivity index (χ1) is 12.3. The number of barbiturate groups is 1. The normalized spacial score (nSPS) is 30.5. The van der Waals surface area contributed by atoms with Crippen molar-refractivity contribution in [1.29, 1.82) is 0 Å². The lowest BCUT2D eigenvalue weighted by Crippen LogP contribution is -2.75. The highest BCUT2D eigenvalue weighted by Crippen LogP contribution is 2.48. The molecule has 0 bridgehead atoms. The fourth-order valence-corrected chi connectivity index (χ4v) is 4.88. The second-order valence-electron chi connectivity index (χ2n) is 7.54. The molecule has 26 heavy (non-hydrogen) atoms. The van der Waals surface area contributed by atoms with Gasteiger partial charge in [0.25, 0.3) is 0 Å². The van der Waals surface area contributed by atoms with Gasteiger partial charge in [-0.15, -0.1) is 0 Å². The van der Waals surface area contributed by atoms with Crippen LogP contribution in [0.2, 0.25) is 0 Å². The molecule has 3 aliphatic rings. The predicted molar refractivity (Wildman–Crippen MR) is 94.7 cm³/mol. The zero-order chi connectivity index (χ0) is 18.8. The Bertz CT molecular complexity index is 784. The molecule has 2 fully saturated rings. The molecule has 1 aromatic carbocycles. The SMILES string of the molecule is C[C@@H]1CN2c3ccccc3CC3(C(=O)N(C)C(=O)N(C)C3=O)[C@H]2[C@@H](C)O1. The lowest BCUT2D eigenvalue weighted by atomic mass is 9.66. The third-order valence-corrected chi connectivity index (χ3v) is 5.90. The Morgan fingerprint density at radius 3 is 2.31 bits per heavy atom. The molecule has 3 aliphatic heterocycles. The van der Waals surface area contributed by atoms with Crippen LogP contribution in [0.4, 0.5) is 10.5 Å². The molecule has 1 spiro atoms. The minimum atomic E-state index is -1.36. The molecule has 0 N–H and O–H groups in total. The van der Waals surface area contributed by atoms with Crippen LogP contribution in [-0.2, 0) is 20.7 Å². The fourth-order valence-electron chi connectivity index (χ4n) is 4.88. The minimum absolute atomic E-state index is 0.0182. The van der Waals surface area contributed by atoms with Crippen molar-refractivity contribution >= 4 is 23.5 Å². The first-order valence-corrected chi connectivity index (χ1v) is 8.89. The van der Waals surface area contributed by atoms with Crippen molar-refractivity contribution in [3.8, 4) is 0 Å². The van der Waals surface area contributed by atoms with Crippen molar-refractivity contribution in [2.24, 2.45) is 5.41 Å². The molecular formula is C19H23N3O4. The van der Waals surface area contributed by atoms with E-state index in [1.54, 1.807) is 0 Å². The second-order valence-corrected chi connectivity index (χ2v) is 7.54. The number of hydrogen-bond acceptors (Lipinski definition) is 5. The smallest absolute Gasteiger partial charge is 0.332 e. The molecule has 2 saturated heterocycles. The quantitative estimate of drug-likeness (QED) is 0.654. The van der Waals surface area contributed by atoms with Crippen molar-refractivity contribution < 1.29 is 19.1 Å². The van der Waals surface area contributed by atoms with Gasteiger partial charge in [0.1, 0.15) is 0 Å². The van der Waals surface area contributed by atoms with Gasteiger partial charge in [-0.3, -0.25) is 19.4 Å². The molecule has 7 heteroatoms. The summed E-state index contributed by atoms with van der Waals surface area (Å²) in [5.74, 6) is -0.889. The van der Waals surface area contributed by atoms with E-state index in [0.29, 0.717) is 6.54 Å². The summed E-state index contributed by atoms with van der Waals surface area (Å²) in [6, 6.07) is 6.81. The number of nitrogens with zero attached hydrogens (tertiary/aromatic N) is 3. The van der Waals surface area contributed by atoms with Gasteiger partial charge in [0.15, 0.2) is 5.41 Å². The van der Waals surface area contributed by atoms with Crippen LogP contribution in [0.5, 0.6) is 0 Å². The van der Waals surface area contributed by atoms with Crippen LogP contribution in [0.25, 0.3) is 0 Å². The van der Waals surface area contributed by atoms with Crippen LogP contribution in [0, 0.1) is 5.41 Å². The van der Waals surface area contributed by atoms with E-state index in [-0.39, 0.29) is 18.6 Å². The number of amides is 4. The van der Waals surface area contributed by atoms with E-state index >= 15 is 0 Å². The maximum absolute atomic E-state index is 13.3. The molecule has 4 rings (SSSR count). The molecule has 0 saturated carbocycles. The summed E-state index contributed by atoms with van der Waals surface area (Å²) in [7, 11) is 2.88. The number of para-hydroxylation sites is 1. The van der Waals surface area contributed by atoms with E-state index in [1.807, 2.05) is 38.1 Å². The van der Waals surface area contributed by atoms with E-state index in [4.69, 9.17) is 4.74 Å². The van der Waals surface area contributed by atoms with Crippen LogP contribution in [0.15, 0.2) is 24.3 Å². The summed E-state index contributed by atoms with van der Waals surface area (Å²) in [5.41, 5.74) is 0.626. The third kappa shape index (κ3) is 2.00. The van der Waals surface area contributed by atoms with E-state index < -0.39 is 29.3 Å². The highest BCUT2D eigenvalue weighted by atomic mass is 16.5. The van der Waals surface area contributed by atoms with Gasteiger partial charge in [0.05, 0.1) is 18.2 Å². The topological polar surface area (TPSA) is 70.2 Å². The second kappa shape index (κ2) is 5.54. The molecule has 0 unspecified atom stereocenters. The maximum Gasteiger partial charge on any atom is 0.332 e. The fraction of sp³-hybridized carbons (Fsp3) is 0.526. The van der Waals surface area contributed by atoms with Gasteiger partial charge in [-0.05, 0) is 31.9 Å². The van der Waals surface area contributed by atoms with E-state index in [9.17, 15) is 14.4 Å². The Morgan fingerprint density at radius 2 is 1.65 bits per heavy atom. The molecule has 0 aromatic heterocycles. The Morgan fingerprint density at radius 1 is 1.04 bits per heavy atom. The van der Waals surface area contributed by atoms with Crippen LogP contribution < -0.4 is 4.90 Å². The average Bonchev–Trinajstić information content (AvgIpc) is 2.62. The summed E-state index contributed by atoms with van der Waals surface area (Å²) < 4.78 is 6.02. The Kier molecular flexibility index (Phi) is 3.63. The zero-order valence-electron chi connectivity index (χ0n) is 15.4. The summed E-state index contributed by atoms with van der Waals surface area (Å²) in [4.78, 5) is 43.2. The number of morpholine rings is 1. The monoisotopic (exact) mass is 357 g/mol. The summed E-state index contributed by atoms with van der Waals surface area (Å²) >= 11 is 0. The van der Waals surface area contributed by atoms with Crippen LogP contribution in [0.3, 0.4) is 0 Å². The number of rotatable bonds is 0. The highest BCUT2D eigenvalue weighted by Gasteiger charge is 2.65. The first-order valence-electron chi connectivity index (χ1n) is 8.89. The number of hydrogen-bond donors (Lipinski definition) is 0. The molecule has 1 aromatic rings. The number of fused-ring (bicyclic) bond motifs is 4. The summed E-state index contributed by atoms with van der Waals surface area (Å²) in [6.07, 6.45) is -0.0724. The Balaban J connectivity index is 1.94. The Hall–Kier alpha value is -2.41. The number of benzene rings is 1. The lowest BCUT2D eigenvalue weighted by Gasteiger charge is -2.57. The molecule has 4 amide bonds. The molecular weight excluding hydrogens is 334 g/mol. The molecule has 138 valence electrons. The third-order valence-electron chi connectivity index (χ3n) is 5.90. The van der Waals surface area contributed by atoms with E-state index in [0.717, 1.165) is 21.1 Å². The van der Waals surface area contributed by atoms with Gasteiger partial charge in [-0.1, -0.05) is 18.2 Å². The summed E-state index contributed by atoms with van der Waals surface area (Å²) in [6.45, 7) is 4.48. The summed E-state index contributed by atoms with van der Waals surface area (Å²) in [5, 5.41) is 0. The molecule has 3 atom stereocenters. The molecule has 0 radical (unpaired) electrons. The predicted octanol–water partition coefficient (Wildman–Crippen LogP) is 1.26. The zero-order valence-corrected chi connectivity index (χ0v) is 15.4. The molecule has 0 aliphatic carbocycles. The number of carbonyl (C=O) groups excluding carboxylic acids is 3. The highest BCUT2D eigenvalue weighted by molar-refractivity contribution is 6.20. The number of imide groups is 2. The van der Waals surface area contributed by atoms with Crippen LogP contribution >= 0.6 is 0 Å². The van der Waals surface area contributed by atoms with Crippen LogP contribution in [0.1, 0.15) is 19.4 Å². The standard InChI is InChI=1S/C19H23N3O4/c1-11-10-22-14-8-6-5-7-13(14)9-19(15(22)12(2)26-11)16(23)20(3)18(25)21(4)17(19)24/h5-8,11-12,15H,9-10H2,1-4H3/t11-,12-,15-/m1/s1. The van der Waals surface area contributed by atoms with E-state index in [2.05, 4.69) is 4.90 Å². The van der Waals surface area contributed by atoms with Gasteiger partial charge >= 0.3 is 6.03 Å². The number of urea groups is 1. The average molecular weight is 357 g/mol.